The smallest absolute Gasteiger partial charge is 0.268 e. The number of amides is 1. The van der Waals surface area contributed by atoms with Gasteiger partial charge in [0.1, 0.15) is 10.7 Å². The summed E-state index contributed by atoms with van der Waals surface area (Å²) >= 11 is 6.27. The van der Waals surface area contributed by atoms with Crippen molar-refractivity contribution in [1.82, 2.24) is 14.9 Å². The van der Waals surface area contributed by atoms with E-state index >= 15 is 0 Å². The highest BCUT2D eigenvalue weighted by Gasteiger charge is 2.19. The summed E-state index contributed by atoms with van der Waals surface area (Å²) < 4.78 is 0.813. The maximum absolute atomic E-state index is 12.3. The van der Waals surface area contributed by atoms with Crippen LogP contribution in [0, 0.1) is 0 Å². The Labute approximate surface area is 174 Å². The van der Waals surface area contributed by atoms with Crippen LogP contribution in [0.5, 0.6) is 0 Å². The van der Waals surface area contributed by atoms with Gasteiger partial charge in [-0.1, -0.05) is 6.07 Å². The molecule has 4 rings (SSSR count). The maximum atomic E-state index is 12.3. The maximum Gasteiger partial charge on any atom is 0.268 e. The highest BCUT2D eigenvalue weighted by atomic mass is 79.9. The molecule has 3 aromatic rings. The van der Waals surface area contributed by atoms with Gasteiger partial charge in [-0.2, -0.15) is 0 Å². The molecule has 1 fully saturated rings. The Kier molecular flexibility index (Phi) is 5.82. The number of pyridine rings is 1. The summed E-state index contributed by atoms with van der Waals surface area (Å²) in [7, 11) is 0. The van der Waals surface area contributed by atoms with E-state index in [1.807, 2.05) is 35.2 Å². The Morgan fingerprint density at radius 1 is 1.19 bits per heavy atom. The number of nitrogens with zero attached hydrogens (tertiary/aromatic N) is 4. The van der Waals surface area contributed by atoms with Crippen molar-refractivity contribution in [2.45, 2.75) is 6.54 Å². The Balaban J connectivity index is 1.30. The van der Waals surface area contributed by atoms with Crippen LogP contribution in [0.25, 0.3) is 0 Å². The van der Waals surface area contributed by atoms with Crippen LogP contribution in [0.1, 0.15) is 15.4 Å². The minimum atomic E-state index is -0.123. The molecule has 1 N–H and O–H groups in total. The number of thiazole rings is 1. The van der Waals surface area contributed by atoms with Crippen LogP contribution in [0.4, 0.5) is 10.9 Å². The van der Waals surface area contributed by atoms with Crippen molar-refractivity contribution < 1.29 is 4.79 Å². The van der Waals surface area contributed by atoms with Crippen molar-refractivity contribution in [3.63, 3.8) is 0 Å². The number of rotatable bonds is 5. The topological polar surface area (TPSA) is 61.4 Å². The Morgan fingerprint density at radius 2 is 2.04 bits per heavy atom. The zero-order valence-corrected chi connectivity index (χ0v) is 17.7. The highest BCUT2D eigenvalue weighted by Crippen LogP contribution is 2.25. The van der Waals surface area contributed by atoms with Gasteiger partial charge in [-0.15, -0.1) is 22.7 Å². The standard InChI is InChI=1S/C18H18BrN5OS2/c19-14-4-10-26-16(14)17(25)22-18-21-13(12-27-18)11-23-6-8-24(9-7-23)15-3-1-2-5-20-15/h1-5,10,12H,6-9,11H2,(H,21,22,25). The van der Waals surface area contributed by atoms with E-state index in [0.717, 1.165) is 48.7 Å². The van der Waals surface area contributed by atoms with Gasteiger partial charge in [0.25, 0.3) is 5.91 Å². The molecule has 1 saturated heterocycles. The third-order valence-corrected chi connectivity index (χ3v) is 6.97. The summed E-state index contributed by atoms with van der Waals surface area (Å²) in [5.41, 5.74) is 0.992. The number of nitrogens with one attached hydrogen (secondary N) is 1. The van der Waals surface area contributed by atoms with Crippen molar-refractivity contribution in [2.24, 2.45) is 0 Å². The number of hydrogen-bond acceptors (Lipinski definition) is 7. The van der Waals surface area contributed by atoms with Gasteiger partial charge < -0.3 is 4.90 Å². The molecule has 0 spiro atoms. The van der Waals surface area contributed by atoms with Gasteiger partial charge in [-0.3, -0.25) is 15.0 Å². The lowest BCUT2D eigenvalue weighted by atomic mass is 10.3. The molecule has 0 saturated carbocycles. The van der Waals surface area contributed by atoms with Gasteiger partial charge in [0.2, 0.25) is 0 Å². The second-order valence-corrected chi connectivity index (χ2v) is 8.78. The van der Waals surface area contributed by atoms with E-state index in [4.69, 9.17) is 0 Å². The second kappa shape index (κ2) is 8.47. The number of piperazine rings is 1. The quantitative estimate of drug-likeness (QED) is 0.620. The fourth-order valence-corrected chi connectivity index (χ4v) is 5.09. The molecule has 1 aliphatic heterocycles. The van der Waals surface area contributed by atoms with Gasteiger partial charge >= 0.3 is 0 Å². The first-order valence-electron chi connectivity index (χ1n) is 8.56. The Morgan fingerprint density at radius 3 is 2.74 bits per heavy atom. The predicted molar refractivity (Wildman–Crippen MR) is 114 cm³/mol. The number of aromatic nitrogens is 2. The summed E-state index contributed by atoms with van der Waals surface area (Å²) in [6.45, 7) is 4.65. The molecule has 0 aliphatic carbocycles. The predicted octanol–water partition coefficient (Wildman–Crippen LogP) is 3.94. The van der Waals surface area contributed by atoms with E-state index < -0.39 is 0 Å². The van der Waals surface area contributed by atoms with Gasteiger partial charge in [-0.05, 0) is 39.5 Å². The summed E-state index contributed by atoms with van der Waals surface area (Å²) in [6, 6.07) is 7.89. The monoisotopic (exact) mass is 463 g/mol. The second-order valence-electron chi connectivity index (χ2n) is 6.15. The lowest BCUT2D eigenvalue weighted by Crippen LogP contribution is -2.46. The molecule has 0 unspecified atom stereocenters. The largest absolute Gasteiger partial charge is 0.354 e. The van der Waals surface area contributed by atoms with Gasteiger partial charge in [0, 0.05) is 48.8 Å². The minimum absolute atomic E-state index is 0.123. The number of carbonyl (C=O) groups excluding carboxylic acids is 1. The first-order valence-corrected chi connectivity index (χ1v) is 11.1. The summed E-state index contributed by atoms with van der Waals surface area (Å²) in [5.74, 6) is 0.914. The van der Waals surface area contributed by atoms with Crippen LogP contribution >= 0.6 is 38.6 Å². The molecular formula is C18H18BrN5OS2. The average molecular weight is 464 g/mol. The van der Waals surface area contributed by atoms with Crippen molar-refractivity contribution in [2.75, 3.05) is 36.4 Å². The van der Waals surface area contributed by atoms with Crippen LogP contribution in [0.15, 0.2) is 45.7 Å². The van der Waals surface area contributed by atoms with E-state index in [0.29, 0.717) is 10.0 Å². The van der Waals surface area contributed by atoms with Crippen molar-refractivity contribution >= 4 is 55.5 Å². The van der Waals surface area contributed by atoms with Crippen molar-refractivity contribution in [3.05, 3.63) is 56.3 Å². The van der Waals surface area contributed by atoms with Gasteiger partial charge in [-0.25, -0.2) is 9.97 Å². The molecule has 0 aromatic carbocycles. The van der Waals surface area contributed by atoms with E-state index in [1.165, 1.54) is 22.7 Å². The van der Waals surface area contributed by atoms with Crippen LogP contribution in [0.2, 0.25) is 0 Å². The third kappa shape index (κ3) is 4.55. The molecule has 1 amide bonds. The fourth-order valence-electron chi connectivity index (χ4n) is 2.95. The zero-order valence-electron chi connectivity index (χ0n) is 14.5. The van der Waals surface area contributed by atoms with E-state index in [1.54, 1.807) is 0 Å². The van der Waals surface area contributed by atoms with Crippen LogP contribution in [0.3, 0.4) is 0 Å². The normalized spacial score (nSPS) is 15.1. The molecule has 27 heavy (non-hydrogen) atoms. The summed E-state index contributed by atoms with van der Waals surface area (Å²) in [4.78, 5) is 26.6. The Bertz CT molecular complexity index is 905. The molecular weight excluding hydrogens is 446 g/mol. The summed E-state index contributed by atoms with van der Waals surface area (Å²) in [5, 5.41) is 7.43. The summed E-state index contributed by atoms with van der Waals surface area (Å²) in [6.07, 6.45) is 1.83. The molecule has 3 aromatic heterocycles. The first-order chi connectivity index (χ1) is 13.2. The molecule has 4 heterocycles. The average Bonchev–Trinajstić information content (AvgIpc) is 3.32. The lowest BCUT2D eigenvalue weighted by molar-refractivity contribution is 0.103. The number of carbonyl (C=O) groups is 1. The minimum Gasteiger partial charge on any atom is -0.354 e. The van der Waals surface area contributed by atoms with Crippen LogP contribution in [-0.2, 0) is 6.54 Å². The fraction of sp³-hybridized carbons (Fsp3) is 0.278. The van der Waals surface area contributed by atoms with Gasteiger partial charge in [0.05, 0.1) is 5.69 Å². The third-order valence-electron chi connectivity index (χ3n) is 4.33. The van der Waals surface area contributed by atoms with E-state index in [-0.39, 0.29) is 5.91 Å². The van der Waals surface area contributed by atoms with Gasteiger partial charge in [0.15, 0.2) is 5.13 Å². The lowest BCUT2D eigenvalue weighted by Gasteiger charge is -2.35. The molecule has 9 heteroatoms. The van der Waals surface area contributed by atoms with Crippen molar-refractivity contribution in [3.8, 4) is 0 Å². The van der Waals surface area contributed by atoms with Crippen molar-refractivity contribution in [1.29, 1.82) is 0 Å². The number of hydrogen-bond donors (Lipinski definition) is 1. The molecule has 0 radical (unpaired) electrons. The van der Waals surface area contributed by atoms with E-state index in [9.17, 15) is 4.79 Å². The molecule has 0 bridgehead atoms. The molecule has 140 valence electrons. The Hall–Kier alpha value is -1.81. The molecule has 0 atom stereocenters. The number of anilines is 2. The van der Waals surface area contributed by atoms with E-state index in [2.05, 4.69) is 47.1 Å². The number of thiophene rings is 1. The van der Waals surface area contributed by atoms with Crippen LogP contribution in [-0.4, -0.2) is 47.0 Å². The molecule has 6 nitrogen and oxygen atoms in total. The zero-order chi connectivity index (χ0) is 18.6. The number of halogens is 1. The first kappa shape index (κ1) is 18.5. The highest BCUT2D eigenvalue weighted by molar-refractivity contribution is 9.10. The molecule has 1 aliphatic rings. The SMILES string of the molecule is O=C(Nc1nc(CN2CCN(c3ccccn3)CC2)cs1)c1sccc1Br. The van der Waals surface area contributed by atoms with Crippen LogP contribution < -0.4 is 10.2 Å².